The average Bonchev–Trinajstić information content (AvgIpc) is 2.75. The van der Waals surface area contributed by atoms with Crippen molar-refractivity contribution in [1.29, 1.82) is 5.41 Å². The van der Waals surface area contributed by atoms with Gasteiger partial charge in [-0.15, -0.1) is 0 Å². The molecule has 5 N–H and O–H groups in total. The molecule has 0 aliphatic heterocycles. The van der Waals surface area contributed by atoms with Crippen LogP contribution in [0.4, 0.5) is 5.69 Å². The summed E-state index contributed by atoms with van der Waals surface area (Å²) in [5.41, 5.74) is 16.2. The first kappa shape index (κ1) is 18.3. The number of hydrogen-bond acceptors (Lipinski definition) is 4. The molecule has 0 spiro atoms. The van der Waals surface area contributed by atoms with Crippen LogP contribution in [0.2, 0.25) is 0 Å². The molecule has 0 saturated carbocycles. The third kappa shape index (κ3) is 3.80. The standard InChI is InChI=1S/C24H20N4O/c25-22-20(16-7-3-1-4-8-16)15-28-23(21(22)24(26)27)17-11-13-19(14-12-17)29-18-9-5-2-6-10-18/h1-15H,(H2,25,28)(H3,26,27). The molecule has 4 rings (SSSR count). The van der Waals surface area contributed by atoms with E-state index in [4.69, 9.17) is 21.6 Å². The number of nitrogen functional groups attached to an aromatic ring is 2. The Kier molecular flexibility index (Phi) is 4.95. The lowest BCUT2D eigenvalue weighted by Gasteiger charge is -2.15. The van der Waals surface area contributed by atoms with Crippen LogP contribution in [-0.2, 0) is 0 Å². The molecular formula is C24H20N4O. The summed E-state index contributed by atoms with van der Waals surface area (Å²) in [6, 6.07) is 26.8. The van der Waals surface area contributed by atoms with Crippen molar-refractivity contribution in [2.24, 2.45) is 5.73 Å². The molecule has 0 unspecified atom stereocenters. The van der Waals surface area contributed by atoms with Crippen LogP contribution < -0.4 is 16.2 Å². The van der Waals surface area contributed by atoms with Crippen molar-refractivity contribution in [2.45, 2.75) is 0 Å². The van der Waals surface area contributed by atoms with Gasteiger partial charge in [-0.1, -0.05) is 48.5 Å². The van der Waals surface area contributed by atoms with Crippen LogP contribution in [0.1, 0.15) is 5.56 Å². The zero-order valence-corrected chi connectivity index (χ0v) is 15.7. The van der Waals surface area contributed by atoms with E-state index in [1.165, 1.54) is 0 Å². The molecule has 29 heavy (non-hydrogen) atoms. The van der Waals surface area contributed by atoms with Gasteiger partial charge >= 0.3 is 0 Å². The Bertz CT molecular complexity index is 1140. The van der Waals surface area contributed by atoms with Crippen molar-refractivity contribution in [2.75, 3.05) is 5.73 Å². The van der Waals surface area contributed by atoms with Gasteiger partial charge in [0, 0.05) is 17.3 Å². The second-order valence-electron chi connectivity index (χ2n) is 6.53. The maximum Gasteiger partial charge on any atom is 0.127 e. The minimum atomic E-state index is -0.118. The first-order chi connectivity index (χ1) is 14.1. The van der Waals surface area contributed by atoms with E-state index in [2.05, 4.69) is 4.98 Å². The zero-order valence-electron chi connectivity index (χ0n) is 15.7. The van der Waals surface area contributed by atoms with E-state index in [1.807, 2.05) is 84.9 Å². The summed E-state index contributed by atoms with van der Waals surface area (Å²) >= 11 is 0. The van der Waals surface area contributed by atoms with Gasteiger partial charge in [-0.3, -0.25) is 10.4 Å². The molecule has 142 valence electrons. The number of nitrogens with one attached hydrogen (secondary N) is 1. The lowest BCUT2D eigenvalue weighted by atomic mass is 9.97. The molecule has 0 radical (unpaired) electrons. The number of hydrogen-bond donors (Lipinski definition) is 3. The van der Waals surface area contributed by atoms with Gasteiger partial charge < -0.3 is 16.2 Å². The number of benzene rings is 3. The van der Waals surface area contributed by atoms with Crippen LogP contribution in [0, 0.1) is 5.41 Å². The highest BCUT2D eigenvalue weighted by molar-refractivity contribution is 6.07. The van der Waals surface area contributed by atoms with E-state index < -0.39 is 0 Å². The lowest BCUT2D eigenvalue weighted by molar-refractivity contribution is 0.483. The summed E-state index contributed by atoms with van der Waals surface area (Å²) in [6.45, 7) is 0. The van der Waals surface area contributed by atoms with Crippen molar-refractivity contribution >= 4 is 11.5 Å². The van der Waals surface area contributed by atoms with Gasteiger partial charge in [0.1, 0.15) is 17.3 Å². The van der Waals surface area contributed by atoms with Crippen molar-refractivity contribution in [3.05, 3.63) is 96.7 Å². The topological polar surface area (TPSA) is 98.0 Å². The highest BCUT2D eigenvalue weighted by Gasteiger charge is 2.17. The van der Waals surface area contributed by atoms with Crippen molar-refractivity contribution < 1.29 is 4.74 Å². The molecule has 5 heteroatoms. The first-order valence-corrected chi connectivity index (χ1v) is 9.15. The molecule has 0 bridgehead atoms. The number of pyridine rings is 1. The summed E-state index contributed by atoms with van der Waals surface area (Å²) in [5.74, 6) is 1.35. The van der Waals surface area contributed by atoms with Crippen LogP contribution in [0.3, 0.4) is 0 Å². The Morgan fingerprint density at radius 3 is 1.97 bits per heavy atom. The second-order valence-corrected chi connectivity index (χ2v) is 6.53. The highest BCUT2D eigenvalue weighted by atomic mass is 16.5. The fourth-order valence-electron chi connectivity index (χ4n) is 3.17. The SMILES string of the molecule is N=C(N)c1c(-c2ccc(Oc3ccccc3)cc2)ncc(-c2ccccc2)c1N. The van der Waals surface area contributed by atoms with Gasteiger partial charge in [0.2, 0.25) is 0 Å². The maximum atomic E-state index is 8.05. The highest BCUT2D eigenvalue weighted by Crippen LogP contribution is 2.34. The Labute approximate surface area is 169 Å². The van der Waals surface area contributed by atoms with E-state index in [-0.39, 0.29) is 5.84 Å². The third-order valence-corrected chi connectivity index (χ3v) is 4.58. The number of nitrogens with two attached hydrogens (primary N) is 2. The minimum absolute atomic E-state index is 0.118. The van der Waals surface area contributed by atoms with Gasteiger partial charge in [-0.05, 0) is 42.0 Å². The lowest BCUT2D eigenvalue weighted by Crippen LogP contribution is -2.16. The van der Waals surface area contributed by atoms with E-state index in [0.29, 0.717) is 22.7 Å². The molecule has 0 aliphatic carbocycles. The molecule has 0 fully saturated rings. The monoisotopic (exact) mass is 380 g/mol. The van der Waals surface area contributed by atoms with Crippen molar-refractivity contribution in [3.63, 3.8) is 0 Å². The number of amidine groups is 1. The Morgan fingerprint density at radius 2 is 1.34 bits per heavy atom. The Balaban J connectivity index is 1.71. The normalized spacial score (nSPS) is 10.5. The number of ether oxygens (including phenoxy) is 1. The minimum Gasteiger partial charge on any atom is -0.457 e. The molecule has 1 aromatic heterocycles. The van der Waals surface area contributed by atoms with E-state index in [1.54, 1.807) is 6.20 Å². The molecule has 1 heterocycles. The maximum absolute atomic E-state index is 8.05. The Morgan fingerprint density at radius 1 is 0.759 bits per heavy atom. The molecular weight excluding hydrogens is 360 g/mol. The zero-order chi connectivity index (χ0) is 20.2. The molecule has 0 atom stereocenters. The molecule has 5 nitrogen and oxygen atoms in total. The average molecular weight is 380 g/mol. The third-order valence-electron chi connectivity index (χ3n) is 4.58. The van der Waals surface area contributed by atoms with Crippen LogP contribution in [0.25, 0.3) is 22.4 Å². The van der Waals surface area contributed by atoms with Crippen LogP contribution >= 0.6 is 0 Å². The summed E-state index contributed by atoms with van der Waals surface area (Å²) in [7, 11) is 0. The van der Waals surface area contributed by atoms with E-state index in [0.717, 1.165) is 22.4 Å². The predicted molar refractivity (Wildman–Crippen MR) is 117 cm³/mol. The molecule has 0 aliphatic rings. The number of anilines is 1. The second kappa shape index (κ2) is 7.86. The predicted octanol–water partition coefficient (Wildman–Crippen LogP) is 5.07. The molecule has 0 amide bonds. The number of para-hydroxylation sites is 1. The van der Waals surface area contributed by atoms with Gasteiger partial charge in [0.15, 0.2) is 0 Å². The fourth-order valence-corrected chi connectivity index (χ4v) is 3.17. The smallest absolute Gasteiger partial charge is 0.127 e. The summed E-state index contributed by atoms with van der Waals surface area (Å²) < 4.78 is 5.84. The van der Waals surface area contributed by atoms with Crippen LogP contribution in [0.5, 0.6) is 11.5 Å². The number of aromatic nitrogens is 1. The van der Waals surface area contributed by atoms with Crippen LogP contribution in [0.15, 0.2) is 91.1 Å². The Hall–Kier alpha value is -4.12. The van der Waals surface area contributed by atoms with Crippen LogP contribution in [-0.4, -0.2) is 10.8 Å². The number of rotatable bonds is 5. The summed E-state index contributed by atoms with van der Waals surface area (Å²) in [4.78, 5) is 4.58. The van der Waals surface area contributed by atoms with E-state index in [9.17, 15) is 0 Å². The van der Waals surface area contributed by atoms with Gasteiger partial charge in [0.25, 0.3) is 0 Å². The largest absolute Gasteiger partial charge is 0.457 e. The number of nitrogens with zero attached hydrogens (tertiary/aromatic N) is 1. The summed E-state index contributed by atoms with van der Waals surface area (Å²) in [6.07, 6.45) is 1.72. The first-order valence-electron chi connectivity index (χ1n) is 9.15. The van der Waals surface area contributed by atoms with E-state index >= 15 is 0 Å². The van der Waals surface area contributed by atoms with Gasteiger partial charge in [-0.2, -0.15) is 0 Å². The fraction of sp³-hybridized carbons (Fsp3) is 0. The quantitative estimate of drug-likeness (QED) is 0.332. The molecule has 4 aromatic rings. The molecule has 0 saturated heterocycles. The summed E-state index contributed by atoms with van der Waals surface area (Å²) in [5, 5.41) is 8.05. The molecule has 3 aromatic carbocycles. The van der Waals surface area contributed by atoms with Gasteiger partial charge in [-0.25, -0.2) is 0 Å². The van der Waals surface area contributed by atoms with Crippen molar-refractivity contribution in [1.82, 2.24) is 4.98 Å². The van der Waals surface area contributed by atoms with Gasteiger partial charge in [0.05, 0.1) is 16.9 Å². The van der Waals surface area contributed by atoms with Crippen molar-refractivity contribution in [3.8, 4) is 33.9 Å².